The molecule has 7 nitrogen and oxygen atoms in total. The van der Waals surface area contributed by atoms with E-state index in [1.165, 1.54) is 18.2 Å². The molecule has 1 unspecified atom stereocenters. The number of ether oxygens (including phenoxy) is 2. The summed E-state index contributed by atoms with van der Waals surface area (Å²) in [7, 11) is 0. The van der Waals surface area contributed by atoms with Crippen molar-refractivity contribution in [3.8, 4) is 11.5 Å². The monoisotopic (exact) mass is 363 g/mol. The van der Waals surface area contributed by atoms with Gasteiger partial charge in [0.25, 0.3) is 0 Å². The predicted molar refractivity (Wildman–Crippen MR) is 87.8 cm³/mol. The summed E-state index contributed by atoms with van der Waals surface area (Å²) < 4.78 is 34.7. The van der Waals surface area contributed by atoms with Crippen molar-refractivity contribution in [3.05, 3.63) is 54.1 Å². The number of halogens is 2. The maximum absolute atomic E-state index is 13.0. The van der Waals surface area contributed by atoms with Gasteiger partial charge in [0, 0.05) is 11.8 Å². The number of nitrogens with one attached hydrogen (secondary N) is 2. The van der Waals surface area contributed by atoms with Gasteiger partial charge in [0.15, 0.2) is 11.5 Å². The van der Waals surface area contributed by atoms with Crippen molar-refractivity contribution >= 4 is 17.6 Å². The molecule has 9 heteroatoms. The Kier molecular flexibility index (Phi) is 4.61. The van der Waals surface area contributed by atoms with Crippen LogP contribution >= 0.6 is 0 Å². The van der Waals surface area contributed by atoms with Crippen LogP contribution in [-0.4, -0.2) is 18.2 Å². The molecule has 3 rings (SSSR count). The number of carbonyl (C=O) groups excluding carboxylic acids is 2. The van der Waals surface area contributed by atoms with Gasteiger partial charge in [-0.1, -0.05) is 30.3 Å². The van der Waals surface area contributed by atoms with Crippen molar-refractivity contribution in [1.29, 1.82) is 0 Å². The Morgan fingerprint density at radius 3 is 2.46 bits per heavy atom. The van der Waals surface area contributed by atoms with Crippen molar-refractivity contribution in [1.82, 2.24) is 5.32 Å². The molecule has 0 bridgehead atoms. The molecule has 1 atom stereocenters. The molecule has 0 aromatic heterocycles. The number of amides is 3. The smallest absolute Gasteiger partial charge is 0.395 e. The summed E-state index contributed by atoms with van der Waals surface area (Å²) in [5.74, 6) is -0.744. The maximum atomic E-state index is 13.0. The van der Waals surface area contributed by atoms with Crippen LogP contribution in [0.25, 0.3) is 0 Å². The summed E-state index contributed by atoms with van der Waals surface area (Å²) in [5, 5.41) is 5.06. The van der Waals surface area contributed by atoms with Crippen LogP contribution in [0.5, 0.6) is 11.5 Å². The molecule has 2 aromatic carbocycles. The van der Waals surface area contributed by atoms with E-state index in [2.05, 4.69) is 20.1 Å². The third-order valence-corrected chi connectivity index (χ3v) is 3.59. The predicted octanol–water partition coefficient (Wildman–Crippen LogP) is 2.75. The van der Waals surface area contributed by atoms with Crippen LogP contribution in [0.15, 0.2) is 48.5 Å². The molecule has 0 radical (unpaired) electrons. The quantitative estimate of drug-likeness (QED) is 0.760. The van der Waals surface area contributed by atoms with Crippen LogP contribution in [0.2, 0.25) is 0 Å². The van der Waals surface area contributed by atoms with Gasteiger partial charge < -0.3 is 25.8 Å². The van der Waals surface area contributed by atoms with Gasteiger partial charge in [-0.3, -0.25) is 4.79 Å². The largest absolute Gasteiger partial charge is 0.586 e. The molecule has 3 amide bonds. The summed E-state index contributed by atoms with van der Waals surface area (Å²) in [6.45, 7) is 0. The lowest BCUT2D eigenvalue weighted by Gasteiger charge is -2.17. The molecular formula is C17H15F2N3O4. The number of hydrogen-bond acceptors (Lipinski definition) is 4. The van der Waals surface area contributed by atoms with E-state index in [4.69, 9.17) is 5.73 Å². The first-order valence-corrected chi connectivity index (χ1v) is 7.63. The minimum Gasteiger partial charge on any atom is -0.395 e. The fourth-order valence-corrected chi connectivity index (χ4v) is 2.53. The first-order chi connectivity index (χ1) is 12.3. The zero-order valence-corrected chi connectivity index (χ0v) is 13.4. The molecule has 4 N–H and O–H groups in total. The van der Waals surface area contributed by atoms with Gasteiger partial charge in [-0.2, -0.15) is 0 Å². The molecular weight excluding hydrogens is 348 g/mol. The van der Waals surface area contributed by atoms with E-state index in [-0.39, 0.29) is 23.6 Å². The first kappa shape index (κ1) is 17.5. The number of alkyl halides is 2. The minimum atomic E-state index is -3.73. The van der Waals surface area contributed by atoms with E-state index >= 15 is 0 Å². The van der Waals surface area contributed by atoms with E-state index in [0.717, 1.165) is 0 Å². The Morgan fingerprint density at radius 1 is 1.08 bits per heavy atom. The fraction of sp³-hybridized carbons (Fsp3) is 0.176. The van der Waals surface area contributed by atoms with Gasteiger partial charge in [0.2, 0.25) is 5.91 Å². The highest BCUT2D eigenvalue weighted by molar-refractivity contribution is 5.92. The molecule has 1 aliphatic rings. The molecule has 2 aromatic rings. The Balaban J connectivity index is 1.69. The minimum absolute atomic E-state index is 0.0996. The number of anilines is 1. The zero-order valence-electron chi connectivity index (χ0n) is 13.4. The van der Waals surface area contributed by atoms with Gasteiger partial charge in [0.05, 0.1) is 12.5 Å². The number of hydrogen-bond donors (Lipinski definition) is 3. The van der Waals surface area contributed by atoms with Gasteiger partial charge in [-0.15, -0.1) is 8.78 Å². The standard InChI is InChI=1S/C17H15F2N3O4/c18-17(19)25-13-7-6-11(8-14(13)26-17)21-15(23)9-12(22-16(20)24)10-4-2-1-3-5-10/h1-8,12H,9H2,(H,21,23)(H3,20,22,24). The number of carbonyl (C=O) groups is 2. The van der Waals surface area contributed by atoms with E-state index < -0.39 is 24.3 Å². The van der Waals surface area contributed by atoms with E-state index in [1.54, 1.807) is 30.3 Å². The number of benzene rings is 2. The zero-order chi connectivity index (χ0) is 18.7. The van der Waals surface area contributed by atoms with E-state index in [9.17, 15) is 18.4 Å². The highest BCUT2D eigenvalue weighted by Gasteiger charge is 2.43. The van der Waals surface area contributed by atoms with Crippen molar-refractivity contribution in [2.45, 2.75) is 18.8 Å². The normalized spacial score (nSPS) is 15.2. The molecule has 0 fully saturated rings. The van der Waals surface area contributed by atoms with Gasteiger partial charge in [-0.25, -0.2) is 4.79 Å². The summed E-state index contributed by atoms with van der Waals surface area (Å²) in [5.41, 5.74) is 6.11. The summed E-state index contributed by atoms with van der Waals surface area (Å²) in [4.78, 5) is 23.5. The number of fused-ring (bicyclic) bond motifs is 1. The van der Waals surface area contributed by atoms with Crippen molar-refractivity contribution in [3.63, 3.8) is 0 Å². The average Bonchev–Trinajstić information content (AvgIpc) is 2.87. The van der Waals surface area contributed by atoms with Crippen LogP contribution < -0.4 is 25.8 Å². The van der Waals surface area contributed by atoms with Crippen LogP contribution in [0.1, 0.15) is 18.0 Å². The molecule has 0 saturated heterocycles. The second-order valence-electron chi connectivity index (χ2n) is 5.55. The molecule has 0 aliphatic carbocycles. The highest BCUT2D eigenvalue weighted by atomic mass is 19.3. The van der Waals surface area contributed by atoms with Gasteiger partial charge in [0.1, 0.15) is 0 Å². The first-order valence-electron chi connectivity index (χ1n) is 7.63. The second-order valence-corrected chi connectivity index (χ2v) is 5.55. The molecule has 0 spiro atoms. The lowest BCUT2D eigenvalue weighted by molar-refractivity contribution is -0.286. The lowest BCUT2D eigenvalue weighted by Crippen LogP contribution is -2.35. The Labute approximate surface area is 147 Å². The van der Waals surface area contributed by atoms with E-state index in [0.29, 0.717) is 5.56 Å². The Hall–Kier alpha value is -3.36. The van der Waals surface area contributed by atoms with Crippen LogP contribution in [0.3, 0.4) is 0 Å². The third kappa shape index (κ3) is 4.18. The molecule has 1 aliphatic heterocycles. The highest BCUT2D eigenvalue weighted by Crippen LogP contribution is 2.42. The van der Waals surface area contributed by atoms with Crippen LogP contribution in [0, 0.1) is 0 Å². The van der Waals surface area contributed by atoms with Crippen molar-refractivity contribution in [2.75, 3.05) is 5.32 Å². The number of rotatable bonds is 5. The van der Waals surface area contributed by atoms with Crippen molar-refractivity contribution < 1.29 is 27.8 Å². The fourth-order valence-electron chi connectivity index (χ4n) is 2.53. The summed E-state index contributed by atoms with van der Waals surface area (Å²) in [6.07, 6.45) is -3.83. The number of urea groups is 1. The molecule has 26 heavy (non-hydrogen) atoms. The number of nitrogens with two attached hydrogens (primary N) is 1. The third-order valence-electron chi connectivity index (χ3n) is 3.59. The molecule has 136 valence electrons. The van der Waals surface area contributed by atoms with Crippen LogP contribution in [0.4, 0.5) is 19.3 Å². The average molecular weight is 363 g/mol. The summed E-state index contributed by atoms with van der Waals surface area (Å²) in [6, 6.07) is 11.3. The maximum Gasteiger partial charge on any atom is 0.586 e. The Bertz CT molecular complexity index is 830. The van der Waals surface area contributed by atoms with Gasteiger partial charge >= 0.3 is 12.3 Å². The number of primary amides is 1. The van der Waals surface area contributed by atoms with Crippen LogP contribution in [-0.2, 0) is 4.79 Å². The molecule has 1 heterocycles. The molecule has 0 saturated carbocycles. The lowest BCUT2D eigenvalue weighted by atomic mass is 10.0. The van der Waals surface area contributed by atoms with Gasteiger partial charge in [-0.05, 0) is 17.7 Å². The van der Waals surface area contributed by atoms with Crippen molar-refractivity contribution in [2.24, 2.45) is 5.73 Å². The van der Waals surface area contributed by atoms with E-state index in [1.807, 2.05) is 0 Å². The summed E-state index contributed by atoms with van der Waals surface area (Å²) >= 11 is 0. The SMILES string of the molecule is NC(=O)NC(CC(=O)Nc1ccc2c(c1)OC(F)(F)O2)c1ccccc1. The second kappa shape index (κ2) is 6.87. The Morgan fingerprint density at radius 2 is 1.77 bits per heavy atom. The topological polar surface area (TPSA) is 103 Å².